The number of nitro benzene ring substituents is 2. The molecule has 56 heavy (non-hydrogen) atoms. The zero-order valence-corrected chi connectivity index (χ0v) is 30.3. The number of fused-ring (bicyclic) bond motifs is 4. The van der Waals surface area contributed by atoms with E-state index >= 15 is 8.78 Å². The monoisotopic (exact) mass is 823 g/mol. The second-order valence-corrected chi connectivity index (χ2v) is 15.2. The van der Waals surface area contributed by atoms with Crippen molar-refractivity contribution in [3.63, 3.8) is 0 Å². The van der Waals surface area contributed by atoms with Gasteiger partial charge in [0.15, 0.2) is 38.7 Å². The molecule has 292 valence electrons. The minimum absolute atomic E-state index is 0.0294. The number of imide groups is 2. The summed E-state index contributed by atoms with van der Waals surface area (Å²) in [4.78, 5) is 75.1. The van der Waals surface area contributed by atoms with Crippen LogP contribution in [0.4, 0.5) is 50.4 Å². The smallest absolute Gasteiger partial charge is 0.301 e. The molecule has 0 spiro atoms. The number of rotatable bonds is 6. The average molecular weight is 824 g/mol. The molecule has 4 amide bonds. The lowest BCUT2D eigenvalue weighted by atomic mass is 9.56. The van der Waals surface area contributed by atoms with E-state index in [9.17, 15) is 57.7 Å². The van der Waals surface area contributed by atoms with E-state index in [1.807, 2.05) is 0 Å². The van der Waals surface area contributed by atoms with Crippen LogP contribution >= 0.6 is 23.2 Å². The molecule has 1 saturated carbocycles. The van der Waals surface area contributed by atoms with Crippen molar-refractivity contribution < 1.29 is 56.1 Å². The minimum Gasteiger partial charge on any atom is -0.507 e. The van der Waals surface area contributed by atoms with Gasteiger partial charge in [0.1, 0.15) is 11.4 Å². The van der Waals surface area contributed by atoms with Crippen LogP contribution in [0.25, 0.3) is 0 Å². The van der Waals surface area contributed by atoms with Crippen molar-refractivity contribution in [1.29, 1.82) is 0 Å². The highest BCUT2D eigenvalue weighted by Gasteiger charge is 2.77. The standard InChI is InChI=1S/C35H24Cl2F5N5O9/c1-12-5-4-6-16(29(12)48)21-14-7-8-15-20(31(50)44(30(15)49)13-9-18(46(53)54)27(43(2)3)19(10-13)47(55)56)17(14)11-34(36)32(51)45(33(52)35(21,34)37)28-25(41)23(39)22(38)24(40)26(28)42/h4-7,9-10,15,17,20-21,48H,8,11H2,1-3H3. The lowest BCUT2D eigenvalue weighted by molar-refractivity contribution is -0.392. The van der Waals surface area contributed by atoms with Crippen molar-refractivity contribution in [2.24, 2.45) is 17.8 Å². The molecule has 14 nitrogen and oxygen atoms in total. The Balaban J connectivity index is 1.43. The highest BCUT2D eigenvalue weighted by Crippen LogP contribution is 2.67. The Morgan fingerprint density at radius 1 is 0.839 bits per heavy atom. The van der Waals surface area contributed by atoms with Gasteiger partial charge in [-0.3, -0.25) is 39.4 Å². The maximum atomic E-state index is 15.3. The summed E-state index contributed by atoms with van der Waals surface area (Å²) >= 11 is 14.2. The van der Waals surface area contributed by atoms with Crippen molar-refractivity contribution in [3.05, 3.63) is 102 Å². The summed E-state index contributed by atoms with van der Waals surface area (Å²) < 4.78 is 73.6. The number of alkyl halides is 2. The normalized spacial score (nSPS) is 26.9. The molecular weight excluding hydrogens is 800 g/mol. The summed E-state index contributed by atoms with van der Waals surface area (Å²) in [6.45, 7) is 1.44. The summed E-state index contributed by atoms with van der Waals surface area (Å²) in [7, 11) is 2.60. The number of nitro groups is 2. The molecule has 3 aromatic rings. The van der Waals surface area contributed by atoms with Crippen LogP contribution in [0.2, 0.25) is 0 Å². The van der Waals surface area contributed by atoms with Crippen LogP contribution in [0.1, 0.15) is 29.9 Å². The summed E-state index contributed by atoms with van der Waals surface area (Å²) in [5.74, 6) is -24.7. The predicted octanol–water partition coefficient (Wildman–Crippen LogP) is 6.05. The van der Waals surface area contributed by atoms with E-state index in [-0.39, 0.29) is 28.0 Å². The summed E-state index contributed by atoms with van der Waals surface area (Å²) in [5, 5.41) is 35.5. The molecule has 21 heteroatoms. The van der Waals surface area contributed by atoms with Gasteiger partial charge >= 0.3 is 11.4 Å². The Morgan fingerprint density at radius 3 is 1.93 bits per heavy atom. The first-order valence-electron chi connectivity index (χ1n) is 16.4. The van der Waals surface area contributed by atoms with Gasteiger partial charge in [-0.05, 0) is 31.2 Å². The van der Waals surface area contributed by atoms with Crippen molar-refractivity contribution in [2.45, 2.75) is 35.4 Å². The van der Waals surface area contributed by atoms with E-state index in [1.54, 1.807) is 0 Å². The van der Waals surface area contributed by atoms with Crippen LogP contribution in [-0.2, 0) is 19.2 Å². The summed E-state index contributed by atoms with van der Waals surface area (Å²) in [6.07, 6.45) is 0.218. The molecule has 3 fully saturated rings. The van der Waals surface area contributed by atoms with Crippen LogP contribution in [-0.4, -0.2) is 62.4 Å². The molecule has 2 saturated heterocycles. The van der Waals surface area contributed by atoms with E-state index in [0.717, 1.165) is 17.0 Å². The van der Waals surface area contributed by atoms with Crippen molar-refractivity contribution in [3.8, 4) is 5.75 Å². The third-order valence-corrected chi connectivity index (χ3v) is 12.4. The first-order chi connectivity index (χ1) is 26.1. The largest absolute Gasteiger partial charge is 0.507 e. The van der Waals surface area contributed by atoms with Crippen LogP contribution in [0.5, 0.6) is 5.75 Å². The van der Waals surface area contributed by atoms with Crippen molar-refractivity contribution in [2.75, 3.05) is 28.8 Å². The fraction of sp³-hybridized carbons (Fsp3) is 0.314. The highest BCUT2D eigenvalue weighted by molar-refractivity contribution is 6.58. The topological polar surface area (TPSA) is 185 Å². The van der Waals surface area contributed by atoms with Gasteiger partial charge in [-0.1, -0.05) is 29.8 Å². The van der Waals surface area contributed by atoms with Crippen LogP contribution in [0, 0.1) is 74.0 Å². The number of benzene rings is 3. The van der Waals surface area contributed by atoms with Gasteiger partial charge in [0.2, 0.25) is 17.6 Å². The van der Waals surface area contributed by atoms with Gasteiger partial charge in [0, 0.05) is 37.7 Å². The zero-order valence-electron chi connectivity index (χ0n) is 28.8. The van der Waals surface area contributed by atoms with Crippen LogP contribution in [0.3, 0.4) is 0 Å². The number of para-hydroxylation sites is 1. The number of anilines is 3. The third-order valence-electron chi connectivity index (χ3n) is 11.0. The molecule has 1 N–H and O–H groups in total. The second-order valence-electron chi connectivity index (χ2n) is 14.0. The zero-order chi connectivity index (χ0) is 41.2. The number of aryl methyl sites for hydroxylation is 1. The Morgan fingerprint density at radius 2 is 1.39 bits per heavy atom. The van der Waals surface area contributed by atoms with E-state index in [0.29, 0.717) is 4.90 Å². The van der Waals surface area contributed by atoms with Gasteiger partial charge in [0.25, 0.3) is 11.8 Å². The maximum Gasteiger partial charge on any atom is 0.301 e. The van der Waals surface area contributed by atoms with Gasteiger partial charge < -0.3 is 10.0 Å². The highest BCUT2D eigenvalue weighted by atomic mass is 35.5. The average Bonchev–Trinajstić information content (AvgIpc) is 3.48. The molecule has 6 atom stereocenters. The van der Waals surface area contributed by atoms with Crippen molar-refractivity contribution in [1.82, 2.24) is 0 Å². The summed E-state index contributed by atoms with van der Waals surface area (Å²) in [6, 6.07) is 5.71. The van der Waals surface area contributed by atoms with Crippen LogP contribution < -0.4 is 14.7 Å². The molecule has 3 aromatic carbocycles. The third kappa shape index (κ3) is 4.85. The van der Waals surface area contributed by atoms with Gasteiger partial charge in [-0.25, -0.2) is 31.8 Å². The minimum atomic E-state index is -2.89. The lowest BCUT2D eigenvalue weighted by Gasteiger charge is -2.50. The number of hydrogen-bond donors (Lipinski definition) is 1. The second kappa shape index (κ2) is 12.7. The molecule has 2 aliphatic carbocycles. The number of allylic oxidation sites excluding steroid dienone is 2. The Kier molecular flexibility index (Phi) is 8.73. The SMILES string of the molecule is Cc1cccc(C2C3=CCC4C(=O)N(c5cc([N+](=O)[O-])c(N(C)C)c([N+](=O)[O-])c5)C(=O)C4C3CC3(Cl)C(=O)N(c4c(F)c(F)c(F)c(F)c4F)C(=O)C23Cl)c1O. The van der Waals surface area contributed by atoms with E-state index in [2.05, 4.69) is 0 Å². The molecule has 2 aliphatic heterocycles. The number of halogens is 7. The predicted molar refractivity (Wildman–Crippen MR) is 186 cm³/mol. The van der Waals surface area contributed by atoms with E-state index < -0.39 is 137 Å². The maximum absolute atomic E-state index is 15.3. The van der Waals surface area contributed by atoms with E-state index in [1.165, 1.54) is 45.3 Å². The number of phenolic OH excluding ortho intramolecular Hbond substituents is 1. The molecule has 4 aliphatic rings. The quantitative estimate of drug-likeness (QED) is 0.0449. The van der Waals surface area contributed by atoms with Gasteiger partial charge in [0.05, 0.1) is 27.4 Å². The number of amides is 4. The summed E-state index contributed by atoms with van der Waals surface area (Å²) in [5.41, 5.74) is -4.58. The molecule has 7 rings (SSSR count). The Bertz CT molecular complexity index is 2370. The molecule has 6 unspecified atom stereocenters. The Labute approximate surface area is 320 Å². The fourth-order valence-electron chi connectivity index (χ4n) is 8.54. The molecule has 0 aromatic heterocycles. The number of carbonyl (C=O) groups is 4. The number of carbonyl (C=O) groups excluding carboxylic acids is 4. The first-order valence-corrected chi connectivity index (χ1v) is 17.2. The molecular formula is C35H24Cl2F5N5O9. The lowest BCUT2D eigenvalue weighted by Crippen LogP contribution is -2.60. The number of hydrogen-bond acceptors (Lipinski definition) is 10. The van der Waals surface area contributed by atoms with Gasteiger partial charge in [-0.2, -0.15) is 0 Å². The number of aromatic hydroxyl groups is 1. The molecule has 0 radical (unpaired) electrons. The first kappa shape index (κ1) is 38.6. The van der Waals surface area contributed by atoms with E-state index in [4.69, 9.17) is 23.2 Å². The van der Waals surface area contributed by atoms with Crippen molar-refractivity contribution >= 4 is 75.3 Å². The Hall–Kier alpha value is -5.69. The number of phenols is 1. The van der Waals surface area contributed by atoms with Gasteiger partial charge in [-0.15, -0.1) is 23.2 Å². The number of nitrogens with zero attached hydrogens (tertiary/aromatic N) is 5. The molecule has 2 heterocycles. The fourth-order valence-corrected chi connectivity index (χ4v) is 9.46. The van der Waals surface area contributed by atoms with Crippen LogP contribution in [0.15, 0.2) is 42.0 Å². The molecule has 0 bridgehead atoms.